The van der Waals surface area contributed by atoms with Gasteiger partial charge in [0.2, 0.25) is 6.10 Å². The molecule has 0 aliphatic heterocycles. The number of esters is 2. The van der Waals surface area contributed by atoms with Crippen LogP contribution in [0, 0.1) is 6.92 Å². The van der Waals surface area contributed by atoms with Gasteiger partial charge in [-0.2, -0.15) is 13.2 Å². The first-order chi connectivity index (χ1) is 12.2. The van der Waals surface area contributed by atoms with Crippen LogP contribution >= 0.6 is 11.3 Å². The van der Waals surface area contributed by atoms with Gasteiger partial charge < -0.3 is 9.47 Å². The van der Waals surface area contributed by atoms with Crippen molar-refractivity contribution in [2.75, 3.05) is 7.11 Å². The van der Waals surface area contributed by atoms with E-state index in [0.29, 0.717) is 16.8 Å². The van der Waals surface area contributed by atoms with E-state index in [1.54, 1.807) is 6.92 Å². The molecule has 0 spiro atoms. The van der Waals surface area contributed by atoms with Crippen molar-refractivity contribution in [3.8, 4) is 0 Å². The van der Waals surface area contributed by atoms with Crippen molar-refractivity contribution in [2.24, 2.45) is 0 Å². The second-order valence-corrected chi connectivity index (χ2v) is 6.02. The number of benzene rings is 1. The summed E-state index contributed by atoms with van der Waals surface area (Å²) in [5.74, 6) is -1.68. The number of thiazole rings is 1. The van der Waals surface area contributed by atoms with E-state index in [0.717, 1.165) is 17.4 Å². The lowest BCUT2D eigenvalue weighted by atomic mass is 10.1. The van der Waals surface area contributed by atoms with E-state index in [1.807, 2.05) is 0 Å². The van der Waals surface area contributed by atoms with E-state index in [9.17, 15) is 22.8 Å². The van der Waals surface area contributed by atoms with Crippen LogP contribution in [-0.4, -0.2) is 30.2 Å². The van der Waals surface area contributed by atoms with Crippen molar-refractivity contribution in [3.05, 3.63) is 57.6 Å². The zero-order valence-corrected chi connectivity index (χ0v) is 14.6. The zero-order valence-electron chi connectivity index (χ0n) is 13.7. The highest BCUT2D eigenvalue weighted by Gasteiger charge is 2.45. The van der Waals surface area contributed by atoms with Crippen molar-refractivity contribution >= 4 is 29.4 Å². The monoisotopic (exact) mass is 385 g/mol. The molecule has 0 saturated carbocycles. The number of ether oxygens (including phenoxy) is 2. The van der Waals surface area contributed by atoms with Crippen LogP contribution < -0.4 is 0 Å². The van der Waals surface area contributed by atoms with Gasteiger partial charge in [-0.05, 0) is 30.7 Å². The highest BCUT2D eigenvalue weighted by atomic mass is 32.1. The predicted molar refractivity (Wildman–Crippen MR) is 88.6 cm³/mol. The van der Waals surface area contributed by atoms with Crippen molar-refractivity contribution in [2.45, 2.75) is 19.2 Å². The molecular weight excluding hydrogens is 371 g/mol. The standard InChI is InChI=1S/C17H14F3NO4S/c1-10-9-26-15(21-10)14(17(18,19)20)25-13(22)8-5-11-3-6-12(7-4-11)16(23)24-2/h3-9,14H,1-2H3/b8-5+. The molecule has 0 bridgehead atoms. The molecule has 0 radical (unpaired) electrons. The van der Waals surface area contributed by atoms with Crippen molar-refractivity contribution < 1.29 is 32.2 Å². The Morgan fingerprint density at radius 3 is 2.38 bits per heavy atom. The summed E-state index contributed by atoms with van der Waals surface area (Å²) in [5.41, 5.74) is 1.23. The van der Waals surface area contributed by atoms with Crippen LogP contribution in [0.25, 0.3) is 6.08 Å². The molecule has 0 amide bonds. The molecule has 2 aromatic rings. The highest BCUT2D eigenvalue weighted by Crippen LogP contribution is 2.37. The number of aromatic nitrogens is 1. The molecular formula is C17H14F3NO4S. The third kappa shape index (κ3) is 5.16. The molecule has 0 aliphatic carbocycles. The molecule has 1 heterocycles. The molecule has 5 nitrogen and oxygen atoms in total. The van der Waals surface area contributed by atoms with Gasteiger partial charge in [0, 0.05) is 17.2 Å². The summed E-state index contributed by atoms with van der Waals surface area (Å²) in [6.07, 6.45) is -5.02. The van der Waals surface area contributed by atoms with Gasteiger partial charge in [-0.15, -0.1) is 11.3 Å². The second-order valence-electron chi connectivity index (χ2n) is 5.13. The lowest BCUT2D eigenvalue weighted by molar-refractivity contribution is -0.221. The summed E-state index contributed by atoms with van der Waals surface area (Å²) in [6, 6.07) is 5.96. The molecule has 1 atom stereocenters. The van der Waals surface area contributed by atoms with Gasteiger partial charge in [0.25, 0.3) is 0 Å². The van der Waals surface area contributed by atoms with E-state index in [4.69, 9.17) is 0 Å². The van der Waals surface area contributed by atoms with E-state index in [1.165, 1.54) is 42.8 Å². The average Bonchev–Trinajstić information content (AvgIpc) is 3.02. The summed E-state index contributed by atoms with van der Waals surface area (Å²) >= 11 is 0.771. The Balaban J connectivity index is 2.08. The van der Waals surface area contributed by atoms with Crippen LogP contribution in [0.2, 0.25) is 0 Å². The Morgan fingerprint density at radius 1 is 1.23 bits per heavy atom. The lowest BCUT2D eigenvalue weighted by Gasteiger charge is -2.17. The second kappa shape index (κ2) is 8.13. The fourth-order valence-electron chi connectivity index (χ4n) is 1.92. The summed E-state index contributed by atoms with van der Waals surface area (Å²) < 4.78 is 48.4. The van der Waals surface area contributed by atoms with E-state index in [-0.39, 0.29) is 5.01 Å². The van der Waals surface area contributed by atoms with Gasteiger partial charge in [0.15, 0.2) is 0 Å². The Bertz CT molecular complexity index is 812. The number of carbonyl (C=O) groups excluding carboxylic acids is 2. The van der Waals surface area contributed by atoms with Gasteiger partial charge in [-0.25, -0.2) is 14.6 Å². The quantitative estimate of drug-likeness (QED) is 0.573. The molecule has 9 heteroatoms. The smallest absolute Gasteiger partial charge is 0.432 e. The molecule has 1 aromatic heterocycles. The molecule has 2 rings (SSSR count). The largest absolute Gasteiger partial charge is 0.465 e. The minimum atomic E-state index is -4.77. The Hall–Kier alpha value is -2.68. The third-order valence-electron chi connectivity index (χ3n) is 3.14. The molecule has 0 saturated heterocycles. The molecule has 0 fully saturated rings. The summed E-state index contributed by atoms with van der Waals surface area (Å²) in [6.45, 7) is 1.55. The molecule has 0 N–H and O–H groups in total. The Morgan fingerprint density at radius 2 is 1.88 bits per heavy atom. The van der Waals surface area contributed by atoms with Gasteiger partial charge >= 0.3 is 18.1 Å². The topological polar surface area (TPSA) is 65.5 Å². The number of hydrogen-bond donors (Lipinski definition) is 0. The maximum Gasteiger partial charge on any atom is 0.432 e. The molecule has 1 unspecified atom stereocenters. The molecule has 138 valence electrons. The van der Waals surface area contributed by atoms with Crippen molar-refractivity contribution in [3.63, 3.8) is 0 Å². The van der Waals surface area contributed by atoms with Crippen molar-refractivity contribution in [1.82, 2.24) is 4.98 Å². The molecule has 1 aromatic carbocycles. The number of carbonyl (C=O) groups is 2. The van der Waals surface area contributed by atoms with Crippen LogP contribution in [-0.2, 0) is 14.3 Å². The highest BCUT2D eigenvalue weighted by molar-refractivity contribution is 7.09. The first-order valence-corrected chi connectivity index (χ1v) is 8.14. The normalized spacial score (nSPS) is 12.8. The van der Waals surface area contributed by atoms with Crippen LogP contribution in [0.15, 0.2) is 35.7 Å². The number of methoxy groups -OCH3 is 1. The van der Waals surface area contributed by atoms with Crippen LogP contribution in [0.1, 0.15) is 32.7 Å². The zero-order chi connectivity index (χ0) is 19.3. The summed E-state index contributed by atoms with van der Waals surface area (Å²) in [4.78, 5) is 26.8. The summed E-state index contributed by atoms with van der Waals surface area (Å²) in [5, 5.41) is 1.11. The average molecular weight is 385 g/mol. The van der Waals surface area contributed by atoms with Crippen LogP contribution in [0.5, 0.6) is 0 Å². The van der Waals surface area contributed by atoms with Crippen LogP contribution in [0.4, 0.5) is 13.2 Å². The lowest BCUT2D eigenvalue weighted by Crippen LogP contribution is -2.25. The number of alkyl halides is 3. The first kappa shape index (κ1) is 19.6. The number of hydrogen-bond acceptors (Lipinski definition) is 6. The minimum Gasteiger partial charge on any atom is -0.465 e. The SMILES string of the molecule is COC(=O)c1ccc(/C=C/C(=O)OC(c2nc(C)cs2)C(F)(F)F)cc1. The van der Waals surface area contributed by atoms with Gasteiger partial charge in [0.05, 0.1) is 12.7 Å². The third-order valence-corrected chi connectivity index (χ3v) is 4.14. The maximum absolute atomic E-state index is 13.1. The number of aryl methyl sites for hydroxylation is 1. The maximum atomic E-state index is 13.1. The number of halogens is 3. The fourth-order valence-corrected chi connectivity index (χ4v) is 2.76. The van der Waals surface area contributed by atoms with Gasteiger partial charge in [-0.3, -0.25) is 0 Å². The van der Waals surface area contributed by atoms with Crippen LogP contribution in [0.3, 0.4) is 0 Å². The predicted octanol–water partition coefficient (Wildman–Crippen LogP) is 4.10. The minimum absolute atomic E-state index is 0.309. The van der Waals surface area contributed by atoms with Gasteiger partial charge in [0.1, 0.15) is 5.01 Å². The Labute approximate surface area is 151 Å². The summed E-state index contributed by atoms with van der Waals surface area (Å²) in [7, 11) is 1.24. The van der Waals surface area contributed by atoms with Crippen molar-refractivity contribution in [1.29, 1.82) is 0 Å². The fraction of sp³-hybridized carbons (Fsp3) is 0.235. The Kier molecular flexibility index (Phi) is 6.14. The molecule has 0 aliphatic rings. The first-order valence-electron chi connectivity index (χ1n) is 7.26. The number of rotatable bonds is 5. The number of nitrogens with zero attached hydrogens (tertiary/aromatic N) is 1. The van der Waals surface area contributed by atoms with E-state index < -0.39 is 24.2 Å². The molecule has 26 heavy (non-hydrogen) atoms. The van der Waals surface area contributed by atoms with E-state index >= 15 is 0 Å². The van der Waals surface area contributed by atoms with E-state index in [2.05, 4.69) is 14.5 Å². The van der Waals surface area contributed by atoms with Gasteiger partial charge in [-0.1, -0.05) is 12.1 Å².